The van der Waals surface area contributed by atoms with E-state index >= 15 is 0 Å². The van der Waals surface area contributed by atoms with Crippen molar-refractivity contribution in [2.45, 2.75) is 6.10 Å². The van der Waals surface area contributed by atoms with E-state index in [9.17, 15) is 5.11 Å². The van der Waals surface area contributed by atoms with E-state index in [-0.39, 0.29) is 6.10 Å². The summed E-state index contributed by atoms with van der Waals surface area (Å²) >= 11 is 0. The topological polar surface area (TPSA) is 26.7 Å². The fraction of sp³-hybridized carbons (Fsp3) is 0.538. The first-order chi connectivity index (χ1) is 7.75. The van der Waals surface area contributed by atoms with Gasteiger partial charge in [-0.25, -0.2) is 0 Å². The van der Waals surface area contributed by atoms with Crippen LogP contribution in [0.25, 0.3) is 0 Å². The third-order valence-corrected chi connectivity index (χ3v) is 3.21. The first-order valence-electron chi connectivity index (χ1n) is 5.89. The molecule has 1 aromatic carbocycles. The zero-order valence-corrected chi connectivity index (χ0v) is 9.84. The van der Waals surface area contributed by atoms with Crippen molar-refractivity contribution in [1.82, 2.24) is 9.80 Å². The summed E-state index contributed by atoms with van der Waals surface area (Å²) in [6.45, 7) is 5.06. The highest BCUT2D eigenvalue weighted by molar-refractivity contribution is 5.17. The second kappa shape index (κ2) is 5.43. The molecule has 0 aromatic heterocycles. The van der Waals surface area contributed by atoms with Gasteiger partial charge in [0.05, 0.1) is 6.10 Å². The van der Waals surface area contributed by atoms with Crippen LogP contribution in [-0.4, -0.2) is 54.7 Å². The molecule has 1 aliphatic rings. The van der Waals surface area contributed by atoms with Crippen molar-refractivity contribution in [3.63, 3.8) is 0 Å². The van der Waals surface area contributed by atoms with Gasteiger partial charge in [-0.05, 0) is 12.6 Å². The quantitative estimate of drug-likeness (QED) is 0.822. The van der Waals surface area contributed by atoms with Crippen LogP contribution in [-0.2, 0) is 0 Å². The number of hydrogen-bond acceptors (Lipinski definition) is 3. The molecule has 1 aromatic rings. The van der Waals surface area contributed by atoms with Gasteiger partial charge in [-0.15, -0.1) is 0 Å². The maximum absolute atomic E-state index is 10.1. The molecule has 3 heteroatoms. The number of likely N-dealkylation sites (N-methyl/N-ethyl adjacent to an activating group) is 1. The molecule has 0 unspecified atom stereocenters. The van der Waals surface area contributed by atoms with Gasteiger partial charge in [0.2, 0.25) is 0 Å². The van der Waals surface area contributed by atoms with Gasteiger partial charge in [-0.1, -0.05) is 30.3 Å². The summed E-state index contributed by atoms with van der Waals surface area (Å²) < 4.78 is 0. The third kappa shape index (κ3) is 3.04. The van der Waals surface area contributed by atoms with Crippen molar-refractivity contribution in [2.75, 3.05) is 39.8 Å². The monoisotopic (exact) mass is 220 g/mol. The van der Waals surface area contributed by atoms with Gasteiger partial charge >= 0.3 is 0 Å². The predicted molar refractivity (Wildman–Crippen MR) is 65.3 cm³/mol. The number of nitrogens with zero attached hydrogens (tertiary/aromatic N) is 2. The molecule has 0 bridgehead atoms. The Balaban J connectivity index is 1.86. The zero-order chi connectivity index (χ0) is 11.4. The molecule has 1 N–H and O–H groups in total. The number of aliphatic hydroxyl groups excluding tert-OH is 1. The summed E-state index contributed by atoms with van der Waals surface area (Å²) in [6.07, 6.45) is -0.357. The van der Waals surface area contributed by atoms with Gasteiger partial charge in [0.25, 0.3) is 0 Å². The van der Waals surface area contributed by atoms with Crippen molar-refractivity contribution in [1.29, 1.82) is 0 Å². The van der Waals surface area contributed by atoms with Crippen LogP contribution in [0.2, 0.25) is 0 Å². The van der Waals surface area contributed by atoms with Crippen LogP contribution in [0.1, 0.15) is 11.7 Å². The summed E-state index contributed by atoms with van der Waals surface area (Å²) in [5, 5.41) is 10.1. The molecule has 0 spiro atoms. The van der Waals surface area contributed by atoms with E-state index in [1.54, 1.807) is 0 Å². The lowest BCUT2D eigenvalue weighted by Gasteiger charge is -2.33. The van der Waals surface area contributed by atoms with E-state index in [4.69, 9.17) is 0 Å². The molecule has 1 aliphatic heterocycles. The number of aliphatic hydroxyl groups is 1. The molecule has 16 heavy (non-hydrogen) atoms. The van der Waals surface area contributed by atoms with Crippen LogP contribution in [0, 0.1) is 0 Å². The van der Waals surface area contributed by atoms with Crippen LogP contribution in [0.4, 0.5) is 0 Å². The number of rotatable bonds is 3. The lowest BCUT2D eigenvalue weighted by atomic mass is 10.1. The average molecular weight is 220 g/mol. The highest BCUT2D eigenvalue weighted by Crippen LogP contribution is 2.14. The molecule has 0 saturated carbocycles. The minimum absolute atomic E-state index is 0.357. The van der Waals surface area contributed by atoms with E-state index in [0.717, 1.165) is 38.3 Å². The molecular formula is C13H20N2O. The summed E-state index contributed by atoms with van der Waals surface area (Å²) in [5.74, 6) is 0. The molecule has 3 nitrogen and oxygen atoms in total. The van der Waals surface area contributed by atoms with E-state index in [1.807, 2.05) is 30.3 Å². The number of hydrogen-bond donors (Lipinski definition) is 1. The molecule has 1 heterocycles. The van der Waals surface area contributed by atoms with Gasteiger partial charge in [0.15, 0.2) is 0 Å². The normalized spacial score (nSPS) is 20.9. The highest BCUT2D eigenvalue weighted by Gasteiger charge is 2.17. The van der Waals surface area contributed by atoms with Gasteiger partial charge < -0.3 is 10.0 Å². The van der Waals surface area contributed by atoms with Crippen molar-refractivity contribution < 1.29 is 5.11 Å². The Bertz CT molecular complexity index is 307. The molecule has 1 saturated heterocycles. The predicted octanol–water partition coefficient (Wildman–Crippen LogP) is 0.967. The molecule has 1 atom stereocenters. The van der Waals surface area contributed by atoms with Crippen molar-refractivity contribution >= 4 is 0 Å². The first kappa shape index (κ1) is 11.6. The maximum Gasteiger partial charge on any atom is 0.0916 e. The number of β-amino-alcohol motifs (C(OH)–C–C–N with tert-alkyl or cyclic N) is 1. The van der Waals surface area contributed by atoms with Crippen molar-refractivity contribution in [3.05, 3.63) is 35.9 Å². The lowest BCUT2D eigenvalue weighted by molar-refractivity contribution is 0.0805. The van der Waals surface area contributed by atoms with Gasteiger partial charge in [-0.3, -0.25) is 4.90 Å². The molecule has 1 fully saturated rings. The van der Waals surface area contributed by atoms with Crippen molar-refractivity contribution in [2.24, 2.45) is 0 Å². The van der Waals surface area contributed by atoms with Gasteiger partial charge in [0.1, 0.15) is 0 Å². The summed E-state index contributed by atoms with van der Waals surface area (Å²) in [7, 11) is 2.14. The van der Waals surface area contributed by atoms with Crippen LogP contribution in [0.5, 0.6) is 0 Å². The minimum Gasteiger partial charge on any atom is -0.387 e. The molecule has 2 rings (SSSR count). The first-order valence-corrected chi connectivity index (χ1v) is 5.89. The maximum atomic E-state index is 10.1. The Morgan fingerprint density at radius 3 is 2.38 bits per heavy atom. The van der Waals surface area contributed by atoms with Gasteiger partial charge in [0, 0.05) is 32.7 Å². The smallest absolute Gasteiger partial charge is 0.0916 e. The van der Waals surface area contributed by atoms with Crippen LogP contribution >= 0.6 is 0 Å². The number of piperazine rings is 1. The Morgan fingerprint density at radius 2 is 1.75 bits per heavy atom. The Morgan fingerprint density at radius 1 is 1.12 bits per heavy atom. The Hall–Kier alpha value is -0.900. The molecule has 0 amide bonds. The lowest BCUT2D eigenvalue weighted by Crippen LogP contribution is -2.45. The van der Waals surface area contributed by atoms with Crippen LogP contribution < -0.4 is 0 Å². The Kier molecular flexibility index (Phi) is 3.93. The zero-order valence-electron chi connectivity index (χ0n) is 9.84. The largest absolute Gasteiger partial charge is 0.387 e. The fourth-order valence-corrected chi connectivity index (χ4v) is 2.06. The Labute approximate surface area is 97.3 Å². The van der Waals surface area contributed by atoms with Gasteiger partial charge in [-0.2, -0.15) is 0 Å². The van der Waals surface area contributed by atoms with Crippen LogP contribution in [0.15, 0.2) is 30.3 Å². The van der Waals surface area contributed by atoms with E-state index in [0.29, 0.717) is 0 Å². The van der Waals surface area contributed by atoms with E-state index < -0.39 is 0 Å². The summed E-state index contributed by atoms with van der Waals surface area (Å²) in [4.78, 5) is 4.66. The van der Waals surface area contributed by atoms with Crippen molar-refractivity contribution in [3.8, 4) is 0 Å². The van der Waals surface area contributed by atoms with E-state index in [1.165, 1.54) is 0 Å². The van der Waals surface area contributed by atoms with E-state index in [2.05, 4.69) is 16.8 Å². The molecule has 0 aliphatic carbocycles. The highest BCUT2D eigenvalue weighted by atomic mass is 16.3. The standard InChI is InChI=1S/C13H20N2O/c1-14-7-9-15(10-8-14)11-13(16)12-5-3-2-4-6-12/h2-6,13,16H,7-11H2,1H3/t13-/m0/s1. The third-order valence-electron chi connectivity index (χ3n) is 3.21. The minimum atomic E-state index is -0.357. The van der Waals surface area contributed by atoms with Crippen LogP contribution in [0.3, 0.4) is 0 Å². The molecular weight excluding hydrogens is 200 g/mol. The summed E-state index contributed by atoms with van der Waals surface area (Å²) in [6, 6.07) is 9.90. The molecule has 0 radical (unpaired) electrons. The molecule has 88 valence electrons. The fourth-order valence-electron chi connectivity index (χ4n) is 2.06. The average Bonchev–Trinajstić information content (AvgIpc) is 2.33. The second-order valence-corrected chi connectivity index (χ2v) is 4.53. The number of benzene rings is 1. The SMILES string of the molecule is CN1CCN(C[C@H](O)c2ccccc2)CC1. The second-order valence-electron chi connectivity index (χ2n) is 4.53. The summed E-state index contributed by atoms with van der Waals surface area (Å²) in [5.41, 5.74) is 1.02.